The molecular weight excluding hydrogens is 386 g/mol. The molecule has 3 rings (SSSR count). The predicted octanol–water partition coefficient (Wildman–Crippen LogP) is 2.42. The molecule has 2 aromatic carbocycles. The highest BCUT2D eigenvalue weighted by Crippen LogP contribution is 2.19. The fourth-order valence-corrected chi connectivity index (χ4v) is 4.31. The van der Waals surface area contributed by atoms with Gasteiger partial charge >= 0.3 is 0 Å². The first-order chi connectivity index (χ1) is 13.8. The van der Waals surface area contributed by atoms with E-state index in [1.165, 1.54) is 30.5 Å². The maximum atomic E-state index is 12.3. The molecule has 3 N–H and O–H groups in total. The van der Waals surface area contributed by atoms with Crippen LogP contribution in [0.3, 0.4) is 0 Å². The highest BCUT2D eigenvalue weighted by molar-refractivity contribution is 7.89. The van der Waals surface area contributed by atoms with Crippen molar-refractivity contribution in [1.82, 2.24) is 10.2 Å². The number of carbonyl (C=O) groups excluding carboxylic acids is 1. The van der Waals surface area contributed by atoms with Crippen LogP contribution in [0.25, 0.3) is 0 Å². The first kappa shape index (κ1) is 21.5. The fraction of sp³-hybridized carbons (Fsp3) is 0.409. The number of sulfonamides is 1. The maximum Gasteiger partial charge on any atom is 0.238 e. The van der Waals surface area contributed by atoms with E-state index in [-0.39, 0.29) is 17.2 Å². The molecule has 1 saturated heterocycles. The zero-order valence-electron chi connectivity index (χ0n) is 16.8. The van der Waals surface area contributed by atoms with Crippen molar-refractivity contribution in [2.45, 2.75) is 44.2 Å². The molecule has 1 amide bonds. The number of nitrogens with zero attached hydrogens (tertiary/aromatic N) is 1. The van der Waals surface area contributed by atoms with Gasteiger partial charge in [0.1, 0.15) is 0 Å². The van der Waals surface area contributed by atoms with E-state index in [2.05, 4.69) is 29.3 Å². The van der Waals surface area contributed by atoms with Crippen LogP contribution in [0.2, 0.25) is 0 Å². The minimum atomic E-state index is -3.72. The van der Waals surface area contributed by atoms with Crippen LogP contribution in [0, 0.1) is 5.92 Å². The van der Waals surface area contributed by atoms with Gasteiger partial charge in [0.2, 0.25) is 15.9 Å². The zero-order valence-corrected chi connectivity index (χ0v) is 17.6. The van der Waals surface area contributed by atoms with E-state index in [0.29, 0.717) is 6.54 Å². The molecule has 0 radical (unpaired) electrons. The van der Waals surface area contributed by atoms with Crippen LogP contribution in [-0.2, 0) is 34.3 Å². The number of benzene rings is 2. The van der Waals surface area contributed by atoms with Crippen LogP contribution < -0.4 is 10.5 Å². The molecule has 1 atom stereocenters. The lowest BCUT2D eigenvalue weighted by atomic mass is 9.99. The van der Waals surface area contributed by atoms with Crippen LogP contribution in [-0.4, -0.2) is 32.3 Å². The Morgan fingerprint density at radius 3 is 2.48 bits per heavy atom. The Bertz CT molecular complexity index is 942. The number of nitrogens with two attached hydrogens (primary N) is 1. The van der Waals surface area contributed by atoms with Crippen molar-refractivity contribution in [2.24, 2.45) is 11.1 Å². The Kier molecular flexibility index (Phi) is 7.05. The third-order valence-corrected chi connectivity index (χ3v) is 6.28. The summed E-state index contributed by atoms with van der Waals surface area (Å²) in [6.45, 7) is 5.93. The van der Waals surface area contributed by atoms with Crippen molar-refractivity contribution >= 4 is 15.9 Å². The Morgan fingerprint density at radius 1 is 1.14 bits per heavy atom. The summed E-state index contributed by atoms with van der Waals surface area (Å²) in [6.07, 6.45) is 2.73. The molecule has 1 heterocycles. The summed E-state index contributed by atoms with van der Waals surface area (Å²) in [5.74, 6) is 0.631. The van der Waals surface area contributed by atoms with E-state index < -0.39 is 10.0 Å². The maximum absolute atomic E-state index is 12.3. The molecule has 0 spiro atoms. The zero-order chi connectivity index (χ0) is 20.9. The van der Waals surface area contributed by atoms with Gasteiger partial charge in [-0.2, -0.15) is 0 Å². The van der Waals surface area contributed by atoms with Gasteiger partial charge in [-0.05, 0) is 54.1 Å². The van der Waals surface area contributed by atoms with Gasteiger partial charge in [-0.15, -0.1) is 0 Å². The molecule has 29 heavy (non-hydrogen) atoms. The highest BCUT2D eigenvalue weighted by atomic mass is 32.2. The Morgan fingerprint density at radius 2 is 1.83 bits per heavy atom. The van der Waals surface area contributed by atoms with E-state index in [4.69, 9.17) is 5.14 Å². The number of primary sulfonamides is 1. The van der Waals surface area contributed by atoms with Crippen molar-refractivity contribution in [3.8, 4) is 0 Å². The van der Waals surface area contributed by atoms with Crippen LogP contribution >= 0.6 is 0 Å². The monoisotopic (exact) mass is 415 g/mol. The largest absolute Gasteiger partial charge is 0.352 e. The third kappa shape index (κ3) is 6.39. The number of carbonyl (C=O) groups is 1. The van der Waals surface area contributed by atoms with Crippen LogP contribution in [0.5, 0.6) is 0 Å². The number of rotatable bonds is 7. The summed E-state index contributed by atoms with van der Waals surface area (Å²) in [5.41, 5.74) is 3.12. The van der Waals surface area contributed by atoms with E-state index in [9.17, 15) is 13.2 Å². The molecule has 156 valence electrons. The van der Waals surface area contributed by atoms with Crippen LogP contribution in [0.1, 0.15) is 36.5 Å². The topological polar surface area (TPSA) is 92.5 Å². The molecule has 1 unspecified atom stereocenters. The van der Waals surface area contributed by atoms with Crippen LogP contribution in [0.4, 0.5) is 0 Å². The number of hydrogen-bond acceptors (Lipinski definition) is 4. The number of hydrogen-bond donors (Lipinski definition) is 2. The molecule has 0 saturated carbocycles. The predicted molar refractivity (Wildman–Crippen MR) is 113 cm³/mol. The normalized spacial score (nSPS) is 17.8. The van der Waals surface area contributed by atoms with Crippen molar-refractivity contribution < 1.29 is 13.2 Å². The van der Waals surface area contributed by atoms with Crippen molar-refractivity contribution in [3.05, 3.63) is 65.2 Å². The molecule has 7 heteroatoms. The second-order valence-electron chi connectivity index (χ2n) is 7.89. The van der Waals surface area contributed by atoms with Gasteiger partial charge in [0.25, 0.3) is 0 Å². The molecule has 0 aromatic heterocycles. The van der Waals surface area contributed by atoms with Crippen molar-refractivity contribution in [1.29, 1.82) is 0 Å². The van der Waals surface area contributed by atoms with Crippen molar-refractivity contribution in [2.75, 3.05) is 13.1 Å². The van der Waals surface area contributed by atoms with E-state index >= 15 is 0 Å². The van der Waals surface area contributed by atoms with Gasteiger partial charge in [-0.25, -0.2) is 13.6 Å². The summed E-state index contributed by atoms with van der Waals surface area (Å²) in [6, 6.07) is 14.3. The van der Waals surface area contributed by atoms with Gasteiger partial charge in [0.15, 0.2) is 0 Å². The summed E-state index contributed by atoms with van der Waals surface area (Å²) >= 11 is 0. The van der Waals surface area contributed by atoms with E-state index in [1.807, 2.05) is 12.1 Å². The number of likely N-dealkylation sites (tertiary alicyclic amines) is 1. The molecule has 2 aromatic rings. The lowest BCUT2D eigenvalue weighted by Crippen LogP contribution is -2.34. The van der Waals surface area contributed by atoms with E-state index in [1.54, 1.807) is 12.1 Å². The number of piperidine rings is 1. The first-order valence-corrected chi connectivity index (χ1v) is 11.5. The van der Waals surface area contributed by atoms with Gasteiger partial charge in [0.05, 0.1) is 11.3 Å². The number of amides is 1. The Hall–Kier alpha value is -2.22. The Labute approximate surface area is 173 Å². The minimum Gasteiger partial charge on any atom is -0.352 e. The molecule has 1 fully saturated rings. The van der Waals surface area contributed by atoms with Gasteiger partial charge in [-0.3, -0.25) is 9.69 Å². The summed E-state index contributed by atoms with van der Waals surface area (Å²) < 4.78 is 22.6. The smallest absolute Gasteiger partial charge is 0.238 e. The molecule has 0 bridgehead atoms. The third-order valence-electron chi connectivity index (χ3n) is 5.35. The summed E-state index contributed by atoms with van der Waals surface area (Å²) in [4.78, 5) is 14.9. The molecule has 1 aliphatic rings. The SMILES string of the molecule is CC1CCCN(Cc2ccccc2CNC(=O)Cc2ccc(S(N)(=O)=O)cc2)C1. The first-order valence-electron chi connectivity index (χ1n) is 9.99. The second kappa shape index (κ2) is 9.52. The lowest BCUT2D eigenvalue weighted by molar-refractivity contribution is -0.120. The summed E-state index contributed by atoms with van der Waals surface area (Å²) in [5, 5.41) is 8.08. The van der Waals surface area contributed by atoms with Gasteiger partial charge in [-0.1, -0.05) is 43.3 Å². The average molecular weight is 416 g/mol. The van der Waals surface area contributed by atoms with Gasteiger partial charge < -0.3 is 5.32 Å². The van der Waals surface area contributed by atoms with E-state index in [0.717, 1.165) is 36.7 Å². The van der Waals surface area contributed by atoms with Crippen LogP contribution in [0.15, 0.2) is 53.4 Å². The summed E-state index contributed by atoms with van der Waals surface area (Å²) in [7, 11) is -3.72. The van der Waals surface area contributed by atoms with Gasteiger partial charge in [0, 0.05) is 19.6 Å². The van der Waals surface area contributed by atoms with Crippen molar-refractivity contribution in [3.63, 3.8) is 0 Å². The number of nitrogens with one attached hydrogen (secondary N) is 1. The second-order valence-corrected chi connectivity index (χ2v) is 9.46. The molecule has 1 aliphatic heterocycles. The highest BCUT2D eigenvalue weighted by Gasteiger charge is 2.17. The minimum absolute atomic E-state index is 0.0441. The molecular formula is C22H29N3O3S. The molecule has 6 nitrogen and oxygen atoms in total. The fourth-order valence-electron chi connectivity index (χ4n) is 3.79. The Balaban J connectivity index is 1.56. The quantitative estimate of drug-likeness (QED) is 0.726. The molecule has 0 aliphatic carbocycles. The lowest BCUT2D eigenvalue weighted by Gasteiger charge is -2.31. The average Bonchev–Trinajstić information content (AvgIpc) is 2.67. The standard InChI is InChI=1S/C22H29N3O3S/c1-17-5-4-12-25(15-17)16-20-7-3-2-6-19(20)14-24-22(26)13-18-8-10-21(11-9-18)29(23,27)28/h2-3,6-11,17H,4-5,12-16H2,1H3,(H,24,26)(H2,23,27,28).